The van der Waals surface area contributed by atoms with Crippen LogP contribution in [0, 0.1) is 0 Å². The molecule has 0 radical (unpaired) electrons. The largest absolute Gasteiger partial charge is 0.383 e. The summed E-state index contributed by atoms with van der Waals surface area (Å²) in [6.07, 6.45) is 0. The Morgan fingerprint density at radius 1 is 1.38 bits per heavy atom. The Hall–Kier alpha value is -2.12. The Morgan fingerprint density at radius 2 is 2.17 bits per heavy atom. The summed E-state index contributed by atoms with van der Waals surface area (Å²) in [4.78, 5) is 21.8. The first kappa shape index (κ1) is 16.7. The Balaban J connectivity index is 1.96. The fourth-order valence-electron chi connectivity index (χ4n) is 2.75. The van der Waals surface area contributed by atoms with Crippen LogP contribution in [-0.2, 0) is 17.8 Å². The van der Waals surface area contributed by atoms with Crippen molar-refractivity contribution >= 4 is 22.5 Å². The molecule has 7 heteroatoms. The van der Waals surface area contributed by atoms with E-state index in [0.29, 0.717) is 26.2 Å². The van der Waals surface area contributed by atoms with Gasteiger partial charge in [0.15, 0.2) is 5.13 Å². The zero-order valence-electron chi connectivity index (χ0n) is 14.2. The average molecular weight is 346 g/mol. The van der Waals surface area contributed by atoms with Crippen molar-refractivity contribution in [2.24, 2.45) is 0 Å². The molecule has 2 amide bonds. The highest BCUT2D eigenvalue weighted by Crippen LogP contribution is 2.37. The lowest BCUT2D eigenvalue weighted by atomic mass is 10.1. The summed E-state index contributed by atoms with van der Waals surface area (Å²) in [6.45, 7) is 2.52. The first-order chi connectivity index (χ1) is 11.6. The summed E-state index contributed by atoms with van der Waals surface area (Å²) in [5.74, 6) is 0. The van der Waals surface area contributed by atoms with Crippen LogP contribution < -0.4 is 5.32 Å². The van der Waals surface area contributed by atoms with Gasteiger partial charge in [0.2, 0.25) is 0 Å². The third-order valence-electron chi connectivity index (χ3n) is 3.90. The zero-order chi connectivity index (χ0) is 17.1. The first-order valence-corrected chi connectivity index (χ1v) is 8.69. The van der Waals surface area contributed by atoms with Crippen LogP contribution in [0.2, 0.25) is 0 Å². The van der Waals surface area contributed by atoms with E-state index in [1.54, 1.807) is 37.4 Å². The minimum Gasteiger partial charge on any atom is -0.383 e. The molecular weight excluding hydrogens is 324 g/mol. The van der Waals surface area contributed by atoms with Crippen molar-refractivity contribution in [3.05, 3.63) is 34.7 Å². The maximum Gasteiger partial charge on any atom is 0.320 e. The van der Waals surface area contributed by atoms with Gasteiger partial charge in [-0.3, -0.25) is 0 Å². The van der Waals surface area contributed by atoms with Gasteiger partial charge >= 0.3 is 6.03 Å². The number of hydrogen-bond donors (Lipinski definition) is 1. The van der Waals surface area contributed by atoms with Crippen molar-refractivity contribution in [3.8, 4) is 11.3 Å². The third-order valence-corrected chi connectivity index (χ3v) is 4.90. The molecule has 0 saturated heterocycles. The number of nitrogens with one attached hydrogen (secondary N) is 1. The van der Waals surface area contributed by atoms with Gasteiger partial charge in [-0.2, -0.15) is 0 Å². The minimum absolute atomic E-state index is 0.0138. The lowest BCUT2D eigenvalue weighted by Gasteiger charge is -2.24. The molecule has 1 N–H and O–H groups in total. The fourth-order valence-corrected chi connectivity index (χ4v) is 3.76. The lowest BCUT2D eigenvalue weighted by Crippen LogP contribution is -2.37. The molecule has 1 aliphatic heterocycles. The van der Waals surface area contributed by atoms with E-state index in [0.717, 1.165) is 26.8 Å². The van der Waals surface area contributed by atoms with Crippen molar-refractivity contribution in [2.75, 3.05) is 39.7 Å². The van der Waals surface area contributed by atoms with Gasteiger partial charge < -0.3 is 19.9 Å². The summed E-state index contributed by atoms with van der Waals surface area (Å²) >= 11 is 1.61. The highest BCUT2D eigenvalue weighted by atomic mass is 32.1. The van der Waals surface area contributed by atoms with E-state index in [-0.39, 0.29) is 6.03 Å². The Kier molecular flexibility index (Phi) is 5.01. The number of ether oxygens (including phenoxy) is 1. The van der Waals surface area contributed by atoms with Crippen molar-refractivity contribution in [2.45, 2.75) is 13.1 Å². The number of thiazole rings is 1. The van der Waals surface area contributed by atoms with E-state index < -0.39 is 0 Å². The van der Waals surface area contributed by atoms with Gasteiger partial charge in [-0.1, -0.05) is 35.6 Å². The van der Waals surface area contributed by atoms with Crippen molar-refractivity contribution in [1.29, 1.82) is 0 Å². The number of benzene rings is 1. The summed E-state index contributed by atoms with van der Waals surface area (Å²) in [5, 5.41) is 4.16. The smallest absolute Gasteiger partial charge is 0.320 e. The number of methoxy groups -OCH3 is 1. The normalized spacial score (nSPS) is 13.0. The summed E-state index contributed by atoms with van der Waals surface area (Å²) in [5.41, 5.74) is 3.21. The molecule has 0 fully saturated rings. The van der Waals surface area contributed by atoms with Crippen LogP contribution in [0.3, 0.4) is 0 Å². The lowest BCUT2D eigenvalue weighted by molar-refractivity contribution is 0.166. The van der Waals surface area contributed by atoms with E-state index in [9.17, 15) is 4.79 Å². The second-order valence-corrected chi connectivity index (χ2v) is 6.98. The van der Waals surface area contributed by atoms with Gasteiger partial charge in [-0.15, -0.1) is 0 Å². The highest BCUT2D eigenvalue weighted by Gasteiger charge is 2.26. The number of fused-ring (bicyclic) bond motifs is 3. The molecule has 3 rings (SSSR count). The summed E-state index contributed by atoms with van der Waals surface area (Å²) in [7, 11) is 5.24. The third kappa shape index (κ3) is 3.37. The number of hydrogen-bond acceptors (Lipinski definition) is 5. The molecule has 2 heterocycles. The standard InChI is InChI=1S/C17H22N4O2S/c1-20(2)17(22)21-10-12-6-4-5-7-13(12)15-14(11-21)24-16(19-15)18-8-9-23-3/h4-7H,8-11H2,1-3H3,(H,18,19). The Morgan fingerprint density at radius 3 is 2.92 bits per heavy atom. The predicted octanol–water partition coefficient (Wildman–Crippen LogP) is 2.87. The van der Waals surface area contributed by atoms with Gasteiger partial charge in [0.05, 0.1) is 23.7 Å². The van der Waals surface area contributed by atoms with Crippen LogP contribution in [-0.4, -0.2) is 55.2 Å². The molecule has 0 atom stereocenters. The van der Waals surface area contributed by atoms with Crippen LogP contribution in [0.15, 0.2) is 24.3 Å². The SMILES string of the molecule is COCCNc1nc2c(s1)CN(C(=O)N(C)C)Cc1ccccc1-2. The topological polar surface area (TPSA) is 57.7 Å². The average Bonchev–Trinajstić information content (AvgIpc) is 2.90. The maximum atomic E-state index is 12.5. The molecule has 0 spiro atoms. The summed E-state index contributed by atoms with van der Waals surface area (Å²) in [6, 6.07) is 8.18. The van der Waals surface area contributed by atoms with E-state index in [4.69, 9.17) is 9.72 Å². The fraction of sp³-hybridized carbons (Fsp3) is 0.412. The second kappa shape index (κ2) is 7.19. The molecular formula is C17H22N4O2S. The molecule has 128 valence electrons. The van der Waals surface area contributed by atoms with Gasteiger partial charge in [0.25, 0.3) is 0 Å². The molecule has 0 bridgehead atoms. The van der Waals surface area contributed by atoms with Gasteiger partial charge in [-0.05, 0) is 5.56 Å². The number of carbonyl (C=O) groups is 1. The van der Waals surface area contributed by atoms with Crippen LogP contribution in [0.25, 0.3) is 11.3 Å². The predicted molar refractivity (Wildman–Crippen MR) is 96.2 cm³/mol. The van der Waals surface area contributed by atoms with E-state index >= 15 is 0 Å². The molecule has 1 aromatic heterocycles. The van der Waals surface area contributed by atoms with Crippen molar-refractivity contribution < 1.29 is 9.53 Å². The molecule has 1 aromatic carbocycles. The van der Waals surface area contributed by atoms with Gasteiger partial charge in [0.1, 0.15) is 0 Å². The van der Waals surface area contributed by atoms with E-state index in [2.05, 4.69) is 17.4 Å². The Labute approximate surface area is 146 Å². The maximum absolute atomic E-state index is 12.5. The number of rotatable bonds is 4. The first-order valence-electron chi connectivity index (χ1n) is 7.87. The number of nitrogens with zero attached hydrogens (tertiary/aromatic N) is 3. The van der Waals surface area contributed by atoms with Crippen molar-refractivity contribution in [1.82, 2.24) is 14.8 Å². The van der Waals surface area contributed by atoms with Crippen LogP contribution in [0.4, 0.5) is 9.93 Å². The molecule has 1 aliphatic rings. The van der Waals surface area contributed by atoms with Crippen LogP contribution in [0.5, 0.6) is 0 Å². The van der Waals surface area contributed by atoms with Crippen molar-refractivity contribution in [3.63, 3.8) is 0 Å². The second-order valence-electron chi connectivity index (χ2n) is 5.90. The number of urea groups is 1. The van der Waals surface area contributed by atoms with Gasteiger partial charge in [0, 0.05) is 39.9 Å². The number of anilines is 1. The molecule has 0 saturated carbocycles. The number of carbonyl (C=O) groups excluding carboxylic acids is 1. The molecule has 24 heavy (non-hydrogen) atoms. The van der Waals surface area contributed by atoms with E-state index in [1.165, 1.54) is 0 Å². The van der Waals surface area contributed by atoms with Crippen LogP contribution in [0.1, 0.15) is 10.4 Å². The van der Waals surface area contributed by atoms with E-state index in [1.807, 2.05) is 17.0 Å². The summed E-state index contributed by atoms with van der Waals surface area (Å²) < 4.78 is 5.07. The molecule has 2 aromatic rings. The van der Waals surface area contributed by atoms with Crippen LogP contribution >= 0.6 is 11.3 Å². The Bertz CT molecular complexity index is 729. The minimum atomic E-state index is 0.0138. The monoisotopic (exact) mass is 346 g/mol. The number of amides is 2. The number of aromatic nitrogens is 1. The molecule has 0 unspecified atom stereocenters. The zero-order valence-corrected chi connectivity index (χ0v) is 15.0. The molecule has 6 nitrogen and oxygen atoms in total. The quantitative estimate of drug-likeness (QED) is 0.865. The highest BCUT2D eigenvalue weighted by molar-refractivity contribution is 7.16. The molecule has 0 aliphatic carbocycles. The van der Waals surface area contributed by atoms with Gasteiger partial charge in [-0.25, -0.2) is 9.78 Å².